The third-order valence-corrected chi connectivity index (χ3v) is 15.3. The number of nitrogens with zero attached hydrogens (tertiary/aromatic N) is 3. The molecule has 1 aromatic rings. The molecule has 1 rings (SSSR count). The highest BCUT2D eigenvalue weighted by molar-refractivity contribution is 7.58. The number of ether oxygens (including phenoxy) is 8. The minimum absolute atomic E-state index is 0.114. The average Bonchev–Trinajstić information content (AvgIpc) is 3.11. The van der Waals surface area contributed by atoms with Crippen molar-refractivity contribution in [2.45, 2.75) is 41.5 Å². The molecule has 1 aromatic heterocycles. The molecule has 1 N–H and O–H groups in total. The SMILES string of the molecule is CCP(CC)CCOCCOCCNc1nc(OCCOCCOCCP(CC)CC)nc(OCCOCCOCCP(CC)CC)n1. The van der Waals surface area contributed by atoms with E-state index < -0.39 is 0 Å². The molecule has 15 heteroatoms. The van der Waals surface area contributed by atoms with E-state index in [1.807, 2.05) is 0 Å². The van der Waals surface area contributed by atoms with E-state index in [2.05, 4.69) is 61.8 Å². The van der Waals surface area contributed by atoms with E-state index in [9.17, 15) is 0 Å². The Hall–Kier alpha value is -0.540. The topological polar surface area (TPSA) is 125 Å². The van der Waals surface area contributed by atoms with Crippen LogP contribution >= 0.6 is 23.8 Å². The summed E-state index contributed by atoms with van der Waals surface area (Å²) >= 11 is 0. The number of hydrogen-bond acceptors (Lipinski definition) is 12. The van der Waals surface area contributed by atoms with Crippen LogP contribution in [0.15, 0.2) is 0 Å². The van der Waals surface area contributed by atoms with Crippen molar-refractivity contribution in [2.24, 2.45) is 0 Å². The fraction of sp³-hybridized carbons (Fsp3) is 0.909. The Bertz CT molecular complexity index is 727. The van der Waals surface area contributed by atoms with Gasteiger partial charge in [-0.1, -0.05) is 41.5 Å². The van der Waals surface area contributed by atoms with E-state index >= 15 is 0 Å². The number of rotatable bonds is 36. The molecule has 0 atom stereocenters. The van der Waals surface area contributed by atoms with Gasteiger partial charge in [-0.15, -0.1) is 28.7 Å². The summed E-state index contributed by atoms with van der Waals surface area (Å²) in [5.41, 5.74) is 0. The fourth-order valence-electron chi connectivity index (χ4n) is 4.33. The number of aromatic nitrogens is 3. The molecule has 0 amide bonds. The molecule has 282 valence electrons. The van der Waals surface area contributed by atoms with Gasteiger partial charge in [-0.25, -0.2) is 0 Å². The zero-order valence-corrected chi connectivity index (χ0v) is 33.6. The van der Waals surface area contributed by atoms with E-state index in [0.29, 0.717) is 85.2 Å². The highest BCUT2D eigenvalue weighted by atomic mass is 31.1. The number of hydrogen-bond donors (Lipinski definition) is 1. The minimum Gasteiger partial charge on any atom is -0.461 e. The van der Waals surface area contributed by atoms with E-state index in [4.69, 9.17) is 37.9 Å². The molecule has 1 heterocycles. The van der Waals surface area contributed by atoms with Crippen molar-refractivity contribution in [3.8, 4) is 12.0 Å². The third kappa shape index (κ3) is 25.4. The fourth-order valence-corrected chi connectivity index (χ4v) is 8.73. The van der Waals surface area contributed by atoms with Gasteiger partial charge in [0.25, 0.3) is 0 Å². The van der Waals surface area contributed by atoms with Crippen LogP contribution in [0.4, 0.5) is 5.95 Å². The molecule has 0 saturated heterocycles. The van der Waals surface area contributed by atoms with Gasteiger partial charge in [0.2, 0.25) is 5.95 Å². The summed E-state index contributed by atoms with van der Waals surface area (Å²) in [5, 5.41) is 3.17. The van der Waals surface area contributed by atoms with Crippen LogP contribution < -0.4 is 14.8 Å². The minimum atomic E-state index is 0.114. The first-order chi connectivity index (χ1) is 23.6. The van der Waals surface area contributed by atoms with Crippen molar-refractivity contribution >= 4 is 29.7 Å². The van der Waals surface area contributed by atoms with Crippen molar-refractivity contribution in [1.82, 2.24) is 15.0 Å². The zero-order chi connectivity index (χ0) is 34.9. The molecular weight excluding hydrogens is 673 g/mol. The Morgan fingerprint density at radius 3 is 1.06 bits per heavy atom. The van der Waals surface area contributed by atoms with Gasteiger partial charge in [0.05, 0.1) is 79.3 Å². The predicted octanol–water partition coefficient (Wildman–Crippen LogP) is 5.71. The van der Waals surface area contributed by atoms with Gasteiger partial charge in [0.15, 0.2) is 0 Å². The molecule has 0 spiro atoms. The van der Waals surface area contributed by atoms with Crippen molar-refractivity contribution in [2.75, 3.05) is 160 Å². The Kier molecular flexibility index (Phi) is 31.8. The smallest absolute Gasteiger partial charge is 0.324 e. The monoisotopic (exact) mass is 740 g/mol. The van der Waals surface area contributed by atoms with Crippen LogP contribution in [0, 0.1) is 0 Å². The summed E-state index contributed by atoms with van der Waals surface area (Å²) in [4.78, 5) is 13.1. The lowest BCUT2D eigenvalue weighted by atomic mass is 10.6. The Labute approximate surface area is 295 Å². The Balaban J connectivity index is 2.40. The summed E-state index contributed by atoms with van der Waals surface area (Å²) in [6, 6.07) is 0.327. The lowest BCUT2D eigenvalue weighted by Gasteiger charge is -2.13. The summed E-state index contributed by atoms with van der Waals surface area (Å²) in [7, 11) is 0.346. The number of nitrogens with one attached hydrogen (secondary N) is 1. The van der Waals surface area contributed by atoms with Crippen molar-refractivity contribution in [3.05, 3.63) is 0 Å². The van der Waals surface area contributed by atoms with Crippen LogP contribution in [-0.2, 0) is 28.4 Å². The van der Waals surface area contributed by atoms with Crippen molar-refractivity contribution < 1.29 is 37.9 Å². The molecule has 0 unspecified atom stereocenters. The molecule has 0 bridgehead atoms. The molecule has 0 radical (unpaired) electrons. The van der Waals surface area contributed by atoms with E-state index in [-0.39, 0.29) is 35.8 Å². The quantitative estimate of drug-likeness (QED) is 0.0670. The van der Waals surface area contributed by atoms with Gasteiger partial charge in [0, 0.05) is 6.54 Å². The van der Waals surface area contributed by atoms with Crippen LogP contribution in [0.5, 0.6) is 12.0 Å². The second-order valence-corrected chi connectivity index (χ2v) is 19.8. The first-order valence-electron chi connectivity index (χ1n) is 18.0. The normalized spacial score (nSPS) is 11.7. The maximum atomic E-state index is 5.77. The first kappa shape index (κ1) is 45.5. The highest BCUT2D eigenvalue weighted by Crippen LogP contribution is 2.34. The standard InChI is InChI=1S/C33H67N4O8P3/c1-7-46(8-2)28-25-41-18-15-38-14-13-34-31-35-32(44-23-21-39-16-19-42-26-29-47(9-3)10-4)37-33(36-31)45-24-22-40-17-20-43-27-30-48(11-5)12-6/h7-30H2,1-6H3,(H,34,35,36,37). The molecule has 0 fully saturated rings. The molecule has 0 aliphatic rings. The summed E-state index contributed by atoms with van der Waals surface area (Å²) in [6.07, 6.45) is 11.0. The predicted molar refractivity (Wildman–Crippen MR) is 203 cm³/mol. The largest absolute Gasteiger partial charge is 0.461 e. The molecule has 0 aliphatic carbocycles. The molecule has 0 aliphatic heterocycles. The van der Waals surface area contributed by atoms with E-state index in [1.54, 1.807) is 0 Å². The molecule has 48 heavy (non-hydrogen) atoms. The highest BCUT2D eigenvalue weighted by Gasteiger charge is 2.10. The average molecular weight is 741 g/mol. The van der Waals surface area contributed by atoms with Gasteiger partial charge in [-0.2, -0.15) is 9.97 Å². The van der Waals surface area contributed by atoms with Crippen molar-refractivity contribution in [3.63, 3.8) is 0 Å². The lowest BCUT2D eigenvalue weighted by molar-refractivity contribution is 0.0379. The van der Waals surface area contributed by atoms with Crippen LogP contribution in [0.25, 0.3) is 0 Å². The Morgan fingerprint density at radius 1 is 0.396 bits per heavy atom. The molecule has 12 nitrogen and oxygen atoms in total. The van der Waals surface area contributed by atoms with Gasteiger partial charge >= 0.3 is 12.0 Å². The number of anilines is 1. The lowest BCUT2D eigenvalue weighted by Crippen LogP contribution is -2.17. The molecule has 0 saturated carbocycles. The van der Waals surface area contributed by atoms with Crippen LogP contribution in [0.1, 0.15) is 41.5 Å². The van der Waals surface area contributed by atoms with Crippen molar-refractivity contribution in [1.29, 1.82) is 0 Å². The van der Waals surface area contributed by atoms with Gasteiger partial charge in [-0.05, 0) is 55.5 Å². The summed E-state index contributed by atoms with van der Waals surface area (Å²) < 4.78 is 45.7. The zero-order valence-electron chi connectivity index (χ0n) is 30.9. The van der Waals surface area contributed by atoms with Crippen LogP contribution in [0.3, 0.4) is 0 Å². The molecule has 0 aromatic carbocycles. The first-order valence-corrected chi connectivity index (χ1v) is 23.7. The molecular formula is C33H67N4O8P3. The second kappa shape index (κ2) is 33.6. The Morgan fingerprint density at radius 2 is 0.708 bits per heavy atom. The van der Waals surface area contributed by atoms with E-state index in [1.165, 1.54) is 37.0 Å². The van der Waals surface area contributed by atoms with Gasteiger partial charge < -0.3 is 43.2 Å². The maximum absolute atomic E-state index is 5.77. The second-order valence-electron chi connectivity index (χ2n) is 10.6. The van der Waals surface area contributed by atoms with Gasteiger partial charge in [0.1, 0.15) is 13.2 Å². The van der Waals surface area contributed by atoms with Gasteiger partial charge in [-0.3, -0.25) is 0 Å². The van der Waals surface area contributed by atoms with E-state index in [0.717, 1.165) is 38.3 Å². The van der Waals surface area contributed by atoms with Crippen LogP contribution in [-0.4, -0.2) is 169 Å². The summed E-state index contributed by atoms with van der Waals surface area (Å²) in [6.45, 7) is 21.7. The third-order valence-electron chi connectivity index (χ3n) is 7.50. The maximum Gasteiger partial charge on any atom is 0.324 e. The van der Waals surface area contributed by atoms with Crippen LogP contribution in [0.2, 0.25) is 0 Å². The summed E-state index contributed by atoms with van der Waals surface area (Å²) in [5.74, 6) is 0.351.